The van der Waals surface area contributed by atoms with Crippen molar-refractivity contribution in [2.24, 2.45) is 0 Å². The molecular weight excluding hydrogens is 308 g/mol. The number of aromatic nitrogens is 5. The first-order chi connectivity index (χ1) is 11.7. The number of carbonyl (C=O) groups excluding carboxylic acids is 1. The fraction of sp³-hybridized carbons (Fsp3) is 0.0625. The Hall–Kier alpha value is -3.55. The van der Waals surface area contributed by atoms with Crippen molar-refractivity contribution >= 4 is 22.6 Å². The zero-order valence-corrected chi connectivity index (χ0v) is 12.4. The standard InChI is InChI=1S/C16H12N6O2/c23-15(11-6-12-14(18-8-11)20-9-21-16(12)24)19-7-10-1-3-22-4-2-17-13(22)5-10/h1-6,8-9H,7H2,(H,19,23)(H,18,20,21,24). The van der Waals surface area contributed by atoms with E-state index >= 15 is 0 Å². The van der Waals surface area contributed by atoms with Gasteiger partial charge in [0.2, 0.25) is 0 Å². The first-order valence-electron chi connectivity index (χ1n) is 7.24. The Morgan fingerprint density at radius 2 is 2.12 bits per heavy atom. The van der Waals surface area contributed by atoms with Gasteiger partial charge < -0.3 is 14.7 Å². The number of rotatable bonds is 3. The van der Waals surface area contributed by atoms with Crippen LogP contribution in [0.4, 0.5) is 0 Å². The third kappa shape index (κ3) is 2.50. The number of pyridine rings is 2. The average Bonchev–Trinajstić information content (AvgIpc) is 3.07. The fourth-order valence-electron chi connectivity index (χ4n) is 2.43. The van der Waals surface area contributed by atoms with Gasteiger partial charge >= 0.3 is 0 Å². The van der Waals surface area contributed by atoms with Gasteiger partial charge in [0.1, 0.15) is 5.65 Å². The van der Waals surface area contributed by atoms with Crippen LogP contribution in [-0.4, -0.2) is 30.2 Å². The van der Waals surface area contributed by atoms with Crippen LogP contribution in [0.5, 0.6) is 0 Å². The second-order valence-electron chi connectivity index (χ2n) is 5.24. The number of hydrogen-bond donors (Lipinski definition) is 2. The quantitative estimate of drug-likeness (QED) is 0.583. The molecule has 0 fully saturated rings. The summed E-state index contributed by atoms with van der Waals surface area (Å²) in [6.07, 6.45) is 8.13. The summed E-state index contributed by atoms with van der Waals surface area (Å²) in [4.78, 5) is 38.7. The molecule has 0 aliphatic heterocycles. The van der Waals surface area contributed by atoms with Gasteiger partial charge in [0.05, 0.1) is 17.3 Å². The lowest BCUT2D eigenvalue weighted by Crippen LogP contribution is -2.23. The number of fused-ring (bicyclic) bond motifs is 2. The van der Waals surface area contributed by atoms with Gasteiger partial charge in [-0.15, -0.1) is 0 Å². The van der Waals surface area contributed by atoms with E-state index in [9.17, 15) is 9.59 Å². The molecule has 0 atom stereocenters. The summed E-state index contributed by atoms with van der Waals surface area (Å²) in [6.45, 7) is 0.351. The largest absolute Gasteiger partial charge is 0.348 e. The molecule has 0 unspecified atom stereocenters. The third-order valence-corrected chi connectivity index (χ3v) is 3.67. The van der Waals surface area contributed by atoms with Crippen molar-refractivity contribution in [3.05, 3.63) is 70.8 Å². The van der Waals surface area contributed by atoms with Gasteiger partial charge in [-0.25, -0.2) is 15.0 Å². The molecule has 0 spiro atoms. The number of hydrogen-bond acceptors (Lipinski definition) is 5. The minimum absolute atomic E-state index is 0.281. The van der Waals surface area contributed by atoms with E-state index in [2.05, 4.69) is 25.3 Å². The summed E-state index contributed by atoms with van der Waals surface area (Å²) in [5.74, 6) is -0.309. The van der Waals surface area contributed by atoms with Gasteiger partial charge in [-0.1, -0.05) is 0 Å². The van der Waals surface area contributed by atoms with Gasteiger partial charge in [0.15, 0.2) is 5.65 Å². The first-order valence-corrected chi connectivity index (χ1v) is 7.24. The molecule has 0 radical (unpaired) electrons. The predicted octanol–water partition coefficient (Wildman–Crippen LogP) is 0.896. The Balaban J connectivity index is 1.55. The molecule has 24 heavy (non-hydrogen) atoms. The maximum Gasteiger partial charge on any atom is 0.260 e. The molecule has 0 aliphatic carbocycles. The van der Waals surface area contributed by atoms with Gasteiger partial charge in [-0.3, -0.25) is 9.59 Å². The first kappa shape index (κ1) is 14.1. The summed E-state index contributed by atoms with van der Waals surface area (Å²) in [6, 6.07) is 5.29. The zero-order chi connectivity index (χ0) is 16.5. The van der Waals surface area contributed by atoms with Crippen LogP contribution < -0.4 is 10.9 Å². The molecule has 0 saturated carbocycles. The van der Waals surface area contributed by atoms with E-state index in [-0.39, 0.29) is 16.9 Å². The SMILES string of the molecule is O=C(NCc1ccn2ccnc2c1)c1cnc2nc[nH]c(=O)c2c1. The lowest BCUT2D eigenvalue weighted by atomic mass is 10.2. The molecule has 4 rings (SSSR count). The van der Waals surface area contributed by atoms with Crippen LogP contribution in [0, 0.1) is 0 Å². The molecule has 4 heterocycles. The average molecular weight is 320 g/mol. The monoisotopic (exact) mass is 320 g/mol. The molecule has 0 aliphatic rings. The van der Waals surface area contributed by atoms with E-state index in [1.165, 1.54) is 18.6 Å². The molecule has 118 valence electrons. The van der Waals surface area contributed by atoms with Crippen molar-refractivity contribution in [2.75, 3.05) is 0 Å². The second kappa shape index (κ2) is 5.58. The highest BCUT2D eigenvalue weighted by Crippen LogP contribution is 2.08. The summed E-state index contributed by atoms with van der Waals surface area (Å²) >= 11 is 0. The number of H-pyrrole nitrogens is 1. The van der Waals surface area contributed by atoms with E-state index in [0.29, 0.717) is 17.8 Å². The minimum atomic E-state index is -0.327. The maximum absolute atomic E-state index is 12.3. The van der Waals surface area contributed by atoms with Crippen molar-refractivity contribution in [2.45, 2.75) is 6.54 Å². The Kier molecular flexibility index (Phi) is 3.27. The highest BCUT2D eigenvalue weighted by Gasteiger charge is 2.09. The van der Waals surface area contributed by atoms with E-state index in [1.54, 1.807) is 6.20 Å². The molecule has 4 aromatic rings. The Morgan fingerprint density at radius 3 is 3.04 bits per heavy atom. The topological polar surface area (TPSA) is 105 Å². The smallest absolute Gasteiger partial charge is 0.260 e. The molecule has 1 amide bonds. The lowest BCUT2D eigenvalue weighted by Gasteiger charge is -2.06. The summed E-state index contributed by atoms with van der Waals surface area (Å²) < 4.78 is 1.89. The van der Waals surface area contributed by atoms with Crippen LogP contribution >= 0.6 is 0 Å². The Morgan fingerprint density at radius 1 is 1.21 bits per heavy atom. The van der Waals surface area contributed by atoms with Crippen LogP contribution in [0.3, 0.4) is 0 Å². The normalized spacial score (nSPS) is 11.0. The minimum Gasteiger partial charge on any atom is -0.348 e. The van der Waals surface area contributed by atoms with Crippen LogP contribution in [0.15, 0.2) is 54.1 Å². The zero-order valence-electron chi connectivity index (χ0n) is 12.4. The van der Waals surface area contributed by atoms with Crippen LogP contribution in [0.1, 0.15) is 15.9 Å². The second-order valence-corrected chi connectivity index (χ2v) is 5.24. The molecule has 0 bridgehead atoms. The molecule has 2 N–H and O–H groups in total. The number of aromatic amines is 1. The molecule has 4 aromatic heterocycles. The van der Waals surface area contributed by atoms with Crippen molar-refractivity contribution in [1.82, 2.24) is 29.7 Å². The molecular formula is C16H12N6O2. The van der Waals surface area contributed by atoms with Gasteiger partial charge in [0.25, 0.3) is 11.5 Å². The number of nitrogens with zero attached hydrogens (tertiary/aromatic N) is 4. The molecule has 0 aromatic carbocycles. The van der Waals surface area contributed by atoms with Crippen molar-refractivity contribution < 1.29 is 4.79 Å². The summed E-state index contributed by atoms with van der Waals surface area (Å²) in [5, 5.41) is 3.09. The lowest BCUT2D eigenvalue weighted by molar-refractivity contribution is 0.0950. The number of carbonyl (C=O) groups is 1. The van der Waals surface area contributed by atoms with Gasteiger partial charge in [0, 0.05) is 31.3 Å². The molecule has 0 saturated heterocycles. The van der Waals surface area contributed by atoms with E-state index in [1.807, 2.05) is 28.9 Å². The highest BCUT2D eigenvalue weighted by atomic mass is 16.1. The van der Waals surface area contributed by atoms with Crippen LogP contribution in [0.2, 0.25) is 0 Å². The molecule has 8 heteroatoms. The number of imidazole rings is 1. The third-order valence-electron chi connectivity index (χ3n) is 3.67. The van der Waals surface area contributed by atoms with Gasteiger partial charge in [-0.05, 0) is 23.8 Å². The van der Waals surface area contributed by atoms with Crippen LogP contribution in [-0.2, 0) is 6.54 Å². The van der Waals surface area contributed by atoms with Crippen molar-refractivity contribution in [3.63, 3.8) is 0 Å². The fourth-order valence-corrected chi connectivity index (χ4v) is 2.43. The number of amides is 1. The number of nitrogens with one attached hydrogen (secondary N) is 2. The van der Waals surface area contributed by atoms with Gasteiger partial charge in [-0.2, -0.15) is 0 Å². The van der Waals surface area contributed by atoms with E-state index < -0.39 is 0 Å². The van der Waals surface area contributed by atoms with Crippen molar-refractivity contribution in [3.8, 4) is 0 Å². The highest BCUT2D eigenvalue weighted by molar-refractivity contribution is 5.96. The van der Waals surface area contributed by atoms with E-state index in [0.717, 1.165) is 11.2 Å². The predicted molar refractivity (Wildman–Crippen MR) is 86.5 cm³/mol. The summed E-state index contributed by atoms with van der Waals surface area (Å²) in [5.41, 5.74) is 2.02. The van der Waals surface area contributed by atoms with Crippen LogP contribution in [0.25, 0.3) is 16.7 Å². The Labute approximate surface area is 135 Å². The summed E-state index contributed by atoms with van der Waals surface area (Å²) in [7, 11) is 0. The Bertz CT molecular complexity index is 1110. The maximum atomic E-state index is 12.3. The van der Waals surface area contributed by atoms with E-state index in [4.69, 9.17) is 0 Å². The van der Waals surface area contributed by atoms with Crippen molar-refractivity contribution in [1.29, 1.82) is 0 Å². The molecule has 8 nitrogen and oxygen atoms in total.